The Balaban J connectivity index is 2.24. The van der Waals surface area contributed by atoms with E-state index in [9.17, 15) is 19.7 Å². The van der Waals surface area contributed by atoms with Crippen LogP contribution in [0.15, 0.2) is 24.3 Å². The first-order valence-corrected chi connectivity index (χ1v) is 6.98. The predicted octanol–water partition coefficient (Wildman–Crippen LogP) is 2.43. The molecule has 0 radical (unpaired) electrons. The summed E-state index contributed by atoms with van der Waals surface area (Å²) in [6.45, 7) is 5.29. The molecule has 1 amide bonds. The average molecular weight is 306 g/mol. The normalized spacial score (nSPS) is 18.4. The number of rotatable bonds is 3. The van der Waals surface area contributed by atoms with Gasteiger partial charge in [0, 0.05) is 24.2 Å². The lowest BCUT2D eigenvalue weighted by Crippen LogP contribution is -2.42. The van der Waals surface area contributed by atoms with Gasteiger partial charge < -0.3 is 4.74 Å². The van der Waals surface area contributed by atoms with E-state index < -0.39 is 22.5 Å². The zero-order valence-electron chi connectivity index (χ0n) is 12.7. The average Bonchev–Trinajstić information content (AvgIpc) is 2.79. The lowest BCUT2D eigenvalue weighted by Gasteiger charge is -2.27. The maximum Gasteiger partial charge on any atom is 0.329 e. The Bertz CT molecular complexity index is 603. The summed E-state index contributed by atoms with van der Waals surface area (Å²) in [5, 5.41) is 10.7. The van der Waals surface area contributed by atoms with Crippen LogP contribution in [0.3, 0.4) is 0 Å². The minimum Gasteiger partial charge on any atom is -0.458 e. The molecule has 1 aromatic rings. The van der Waals surface area contributed by atoms with E-state index >= 15 is 0 Å². The van der Waals surface area contributed by atoms with Crippen molar-refractivity contribution in [1.82, 2.24) is 0 Å². The molecule has 0 unspecified atom stereocenters. The summed E-state index contributed by atoms with van der Waals surface area (Å²) >= 11 is 0. The number of carbonyl (C=O) groups is 2. The third-order valence-corrected chi connectivity index (χ3v) is 3.23. The fourth-order valence-electron chi connectivity index (χ4n) is 2.34. The molecule has 118 valence electrons. The van der Waals surface area contributed by atoms with Gasteiger partial charge in [-0.25, -0.2) is 4.79 Å². The highest BCUT2D eigenvalue weighted by Gasteiger charge is 2.39. The molecule has 1 saturated heterocycles. The molecule has 1 heterocycles. The second kappa shape index (κ2) is 5.75. The molecule has 0 spiro atoms. The van der Waals surface area contributed by atoms with Crippen LogP contribution in [0, 0.1) is 10.1 Å². The van der Waals surface area contributed by atoms with Crippen molar-refractivity contribution < 1.29 is 19.2 Å². The largest absolute Gasteiger partial charge is 0.458 e. The van der Waals surface area contributed by atoms with E-state index in [1.54, 1.807) is 20.8 Å². The highest BCUT2D eigenvalue weighted by Crippen LogP contribution is 2.29. The van der Waals surface area contributed by atoms with Gasteiger partial charge in [-0.15, -0.1) is 0 Å². The van der Waals surface area contributed by atoms with Gasteiger partial charge in [0.2, 0.25) is 5.91 Å². The van der Waals surface area contributed by atoms with Crippen molar-refractivity contribution in [1.29, 1.82) is 0 Å². The van der Waals surface area contributed by atoms with Crippen LogP contribution in [0.2, 0.25) is 0 Å². The summed E-state index contributed by atoms with van der Waals surface area (Å²) in [5.74, 6) is -0.651. The fourth-order valence-corrected chi connectivity index (χ4v) is 2.34. The monoisotopic (exact) mass is 306 g/mol. The topological polar surface area (TPSA) is 89.8 Å². The van der Waals surface area contributed by atoms with Gasteiger partial charge in [0.15, 0.2) is 0 Å². The van der Waals surface area contributed by atoms with Crippen molar-refractivity contribution in [2.75, 3.05) is 4.90 Å². The Morgan fingerprint density at radius 3 is 2.41 bits per heavy atom. The molecular formula is C15H18N2O5. The molecule has 7 nitrogen and oxygen atoms in total. The van der Waals surface area contributed by atoms with Crippen molar-refractivity contribution in [3.63, 3.8) is 0 Å². The number of nitro groups is 1. The zero-order chi connectivity index (χ0) is 16.5. The number of nitro benzene ring substituents is 1. The van der Waals surface area contributed by atoms with Crippen molar-refractivity contribution >= 4 is 23.3 Å². The highest BCUT2D eigenvalue weighted by atomic mass is 16.6. The number of nitrogens with zero attached hydrogens (tertiary/aromatic N) is 2. The molecule has 0 saturated carbocycles. The highest BCUT2D eigenvalue weighted by molar-refractivity contribution is 6.02. The van der Waals surface area contributed by atoms with Crippen LogP contribution in [0.1, 0.15) is 33.6 Å². The summed E-state index contributed by atoms with van der Waals surface area (Å²) in [6, 6.07) is 4.88. The Hall–Kier alpha value is -2.44. The number of amides is 1. The van der Waals surface area contributed by atoms with Gasteiger partial charge in [0.25, 0.3) is 5.69 Å². The molecule has 1 aromatic carbocycles. The summed E-state index contributed by atoms with van der Waals surface area (Å²) < 4.78 is 5.34. The Kier molecular flexibility index (Phi) is 4.16. The van der Waals surface area contributed by atoms with Crippen molar-refractivity contribution in [2.24, 2.45) is 0 Å². The number of esters is 1. The second-order valence-electron chi connectivity index (χ2n) is 6.13. The van der Waals surface area contributed by atoms with Crippen molar-refractivity contribution in [3.05, 3.63) is 34.4 Å². The predicted molar refractivity (Wildman–Crippen MR) is 79.4 cm³/mol. The molecule has 1 aliphatic rings. The SMILES string of the molecule is CC(C)(C)OC(=O)[C@@H]1CCC(=O)N1c1ccc([N+](=O)[O-])cc1. The van der Waals surface area contributed by atoms with Crippen LogP contribution < -0.4 is 4.90 Å². The molecule has 0 aliphatic carbocycles. The lowest BCUT2D eigenvalue weighted by atomic mass is 10.1. The zero-order valence-corrected chi connectivity index (χ0v) is 12.7. The van der Waals surface area contributed by atoms with Gasteiger partial charge in [0.05, 0.1) is 4.92 Å². The number of hydrogen-bond donors (Lipinski definition) is 0. The van der Waals surface area contributed by atoms with Crippen LogP contribution >= 0.6 is 0 Å². The van der Waals surface area contributed by atoms with Gasteiger partial charge in [-0.05, 0) is 39.3 Å². The molecular weight excluding hydrogens is 288 g/mol. The Morgan fingerprint density at radius 1 is 1.32 bits per heavy atom. The van der Waals surface area contributed by atoms with Crippen LogP contribution in [0.4, 0.5) is 11.4 Å². The molecule has 22 heavy (non-hydrogen) atoms. The van der Waals surface area contributed by atoms with E-state index in [-0.39, 0.29) is 18.0 Å². The first-order chi connectivity index (χ1) is 10.2. The molecule has 7 heteroatoms. The van der Waals surface area contributed by atoms with Gasteiger partial charge in [-0.3, -0.25) is 19.8 Å². The number of ether oxygens (including phenoxy) is 1. The van der Waals surface area contributed by atoms with E-state index in [0.29, 0.717) is 12.1 Å². The minimum atomic E-state index is -0.687. The summed E-state index contributed by atoms with van der Waals surface area (Å²) in [4.78, 5) is 35.8. The second-order valence-corrected chi connectivity index (χ2v) is 6.13. The number of non-ortho nitro benzene ring substituents is 1. The standard InChI is InChI=1S/C15H18N2O5/c1-15(2,3)22-14(19)12-8-9-13(18)16(12)10-4-6-11(7-5-10)17(20)21/h4-7,12H,8-9H2,1-3H3/t12-/m0/s1. The van der Waals surface area contributed by atoms with E-state index in [2.05, 4.69) is 0 Å². The minimum absolute atomic E-state index is 0.0655. The van der Waals surface area contributed by atoms with Gasteiger partial charge in [-0.1, -0.05) is 0 Å². The number of hydrogen-bond acceptors (Lipinski definition) is 5. The van der Waals surface area contributed by atoms with E-state index in [0.717, 1.165) is 0 Å². The van der Waals surface area contributed by atoms with E-state index in [1.165, 1.54) is 29.2 Å². The smallest absolute Gasteiger partial charge is 0.329 e. The van der Waals surface area contributed by atoms with Crippen molar-refractivity contribution in [3.8, 4) is 0 Å². The third-order valence-electron chi connectivity index (χ3n) is 3.23. The Morgan fingerprint density at radius 2 is 1.91 bits per heavy atom. The van der Waals surface area contributed by atoms with Crippen LogP contribution in [0.5, 0.6) is 0 Å². The van der Waals surface area contributed by atoms with Gasteiger partial charge >= 0.3 is 5.97 Å². The summed E-state index contributed by atoms with van der Waals surface area (Å²) in [7, 11) is 0. The number of benzene rings is 1. The van der Waals surface area contributed by atoms with Crippen LogP contribution in [-0.4, -0.2) is 28.4 Å². The first kappa shape index (κ1) is 15.9. The Labute approximate surface area is 128 Å². The molecule has 1 atom stereocenters. The first-order valence-electron chi connectivity index (χ1n) is 6.98. The summed E-state index contributed by atoms with van der Waals surface area (Å²) in [5.41, 5.74) is -0.239. The van der Waals surface area contributed by atoms with Crippen molar-refractivity contribution in [2.45, 2.75) is 45.3 Å². The maximum absolute atomic E-state index is 12.2. The summed E-state index contributed by atoms with van der Waals surface area (Å²) in [6.07, 6.45) is 0.631. The molecule has 2 rings (SSSR count). The molecule has 0 aromatic heterocycles. The third kappa shape index (κ3) is 3.41. The van der Waals surface area contributed by atoms with Gasteiger partial charge in [-0.2, -0.15) is 0 Å². The fraction of sp³-hybridized carbons (Fsp3) is 0.467. The van der Waals surface area contributed by atoms with E-state index in [1.807, 2.05) is 0 Å². The van der Waals surface area contributed by atoms with Crippen LogP contribution in [0.25, 0.3) is 0 Å². The lowest BCUT2D eigenvalue weighted by molar-refractivity contribution is -0.384. The number of carbonyl (C=O) groups excluding carboxylic acids is 2. The maximum atomic E-state index is 12.2. The molecule has 0 N–H and O–H groups in total. The van der Waals surface area contributed by atoms with E-state index in [4.69, 9.17) is 4.74 Å². The molecule has 0 bridgehead atoms. The quantitative estimate of drug-likeness (QED) is 0.486. The van der Waals surface area contributed by atoms with Gasteiger partial charge in [0.1, 0.15) is 11.6 Å². The number of anilines is 1. The van der Waals surface area contributed by atoms with Crippen LogP contribution in [-0.2, 0) is 14.3 Å². The molecule has 1 aliphatic heterocycles. The molecule has 1 fully saturated rings.